The summed E-state index contributed by atoms with van der Waals surface area (Å²) in [5.41, 5.74) is 0.584. The predicted molar refractivity (Wildman–Crippen MR) is 65.3 cm³/mol. The van der Waals surface area contributed by atoms with Crippen LogP contribution >= 0.6 is 0 Å². The van der Waals surface area contributed by atoms with Crippen molar-refractivity contribution < 1.29 is 13.9 Å². The first-order valence-electron chi connectivity index (χ1n) is 5.68. The van der Waals surface area contributed by atoms with Gasteiger partial charge in [0.1, 0.15) is 11.9 Å². The van der Waals surface area contributed by atoms with Crippen molar-refractivity contribution in [3.05, 3.63) is 30.1 Å². The smallest absolute Gasteiger partial charge is 0.328 e. The lowest BCUT2D eigenvalue weighted by Crippen LogP contribution is -2.36. The summed E-state index contributed by atoms with van der Waals surface area (Å²) in [5.74, 6) is -0.544. The number of hydrogen-bond acceptors (Lipinski definition) is 3. The summed E-state index contributed by atoms with van der Waals surface area (Å²) < 4.78 is 17.8. The summed E-state index contributed by atoms with van der Waals surface area (Å²) in [5, 5.41) is 3.01. The lowest BCUT2D eigenvalue weighted by atomic mass is 9.99. The molecule has 1 aromatic carbocycles. The van der Waals surface area contributed by atoms with E-state index in [-0.39, 0.29) is 17.7 Å². The molecular formula is C13H18FNO2. The maximum atomic E-state index is 13.0. The zero-order valence-electron chi connectivity index (χ0n) is 10.4. The number of carbonyl (C=O) groups is 1. The molecule has 3 nitrogen and oxygen atoms in total. The molecule has 0 aromatic heterocycles. The molecule has 0 saturated heterocycles. The van der Waals surface area contributed by atoms with Crippen molar-refractivity contribution in [3.63, 3.8) is 0 Å². The summed E-state index contributed by atoms with van der Waals surface area (Å²) in [4.78, 5) is 11.6. The third-order valence-electron chi connectivity index (χ3n) is 2.81. The second-order valence-corrected chi connectivity index (χ2v) is 4.04. The number of benzene rings is 1. The van der Waals surface area contributed by atoms with Gasteiger partial charge in [-0.15, -0.1) is 0 Å². The van der Waals surface area contributed by atoms with Crippen molar-refractivity contribution >= 4 is 11.7 Å². The third kappa shape index (κ3) is 3.73. The van der Waals surface area contributed by atoms with Gasteiger partial charge in [0.2, 0.25) is 0 Å². The summed E-state index contributed by atoms with van der Waals surface area (Å²) in [6.07, 6.45) is 0.835. The maximum absolute atomic E-state index is 13.0. The molecule has 0 radical (unpaired) electrons. The molecule has 0 spiro atoms. The molecule has 2 unspecified atom stereocenters. The molecule has 0 aliphatic carbocycles. The van der Waals surface area contributed by atoms with Crippen LogP contribution in [0.15, 0.2) is 24.3 Å². The quantitative estimate of drug-likeness (QED) is 0.803. The largest absolute Gasteiger partial charge is 0.467 e. The normalized spacial score (nSPS) is 13.9. The number of halogens is 1. The van der Waals surface area contributed by atoms with E-state index in [2.05, 4.69) is 5.32 Å². The van der Waals surface area contributed by atoms with Gasteiger partial charge in [0, 0.05) is 5.69 Å². The van der Waals surface area contributed by atoms with E-state index in [1.54, 1.807) is 12.1 Å². The van der Waals surface area contributed by atoms with E-state index in [9.17, 15) is 9.18 Å². The molecule has 0 aliphatic heterocycles. The van der Waals surface area contributed by atoms with Crippen LogP contribution in [-0.2, 0) is 9.53 Å². The zero-order valence-corrected chi connectivity index (χ0v) is 10.4. The van der Waals surface area contributed by atoms with E-state index in [4.69, 9.17) is 4.74 Å². The Bertz CT molecular complexity index is 381. The molecule has 0 amide bonds. The number of carbonyl (C=O) groups excluding carboxylic acids is 1. The van der Waals surface area contributed by atoms with Crippen molar-refractivity contribution in [1.29, 1.82) is 0 Å². The second kappa shape index (κ2) is 6.23. The van der Waals surface area contributed by atoms with Gasteiger partial charge in [-0.25, -0.2) is 9.18 Å². The highest BCUT2D eigenvalue weighted by atomic mass is 19.1. The lowest BCUT2D eigenvalue weighted by molar-refractivity contribution is -0.142. The lowest BCUT2D eigenvalue weighted by Gasteiger charge is -2.22. The Morgan fingerprint density at radius 3 is 2.76 bits per heavy atom. The number of anilines is 1. The molecule has 0 bridgehead atoms. The highest BCUT2D eigenvalue weighted by Crippen LogP contribution is 2.17. The van der Waals surface area contributed by atoms with Crippen molar-refractivity contribution in [2.24, 2.45) is 5.92 Å². The van der Waals surface area contributed by atoms with Gasteiger partial charge < -0.3 is 10.1 Å². The molecular weight excluding hydrogens is 221 g/mol. The molecule has 4 heteroatoms. The van der Waals surface area contributed by atoms with Crippen LogP contribution < -0.4 is 5.32 Å². The molecule has 17 heavy (non-hydrogen) atoms. The number of ether oxygens (including phenoxy) is 1. The summed E-state index contributed by atoms with van der Waals surface area (Å²) in [7, 11) is 1.35. The highest BCUT2D eigenvalue weighted by molar-refractivity contribution is 5.79. The Balaban J connectivity index is 2.82. The fourth-order valence-corrected chi connectivity index (χ4v) is 1.55. The average molecular weight is 239 g/mol. The third-order valence-corrected chi connectivity index (χ3v) is 2.81. The minimum atomic E-state index is -0.452. The standard InChI is InChI=1S/C13H18FNO2/c1-4-9(2)12(13(16)17-3)15-11-7-5-6-10(14)8-11/h5-9,12,15H,4H2,1-3H3. The zero-order chi connectivity index (χ0) is 12.8. The molecule has 1 N–H and O–H groups in total. The van der Waals surface area contributed by atoms with E-state index in [1.165, 1.54) is 19.2 Å². The Morgan fingerprint density at radius 2 is 2.24 bits per heavy atom. The molecule has 0 fully saturated rings. The molecule has 1 aromatic rings. The minimum Gasteiger partial charge on any atom is -0.467 e. The van der Waals surface area contributed by atoms with Crippen LogP contribution in [0.2, 0.25) is 0 Å². The van der Waals surface area contributed by atoms with Crippen LogP contribution in [0.5, 0.6) is 0 Å². The van der Waals surface area contributed by atoms with Gasteiger partial charge >= 0.3 is 5.97 Å². The molecule has 0 heterocycles. The first-order chi connectivity index (χ1) is 8.08. The van der Waals surface area contributed by atoms with Crippen molar-refractivity contribution in [1.82, 2.24) is 0 Å². The van der Waals surface area contributed by atoms with Gasteiger partial charge in [0.25, 0.3) is 0 Å². The minimum absolute atomic E-state index is 0.116. The first kappa shape index (κ1) is 13.5. The SMILES string of the molecule is CCC(C)C(Nc1cccc(F)c1)C(=O)OC. The van der Waals surface area contributed by atoms with E-state index >= 15 is 0 Å². The topological polar surface area (TPSA) is 38.3 Å². The van der Waals surface area contributed by atoms with Crippen LogP contribution in [-0.4, -0.2) is 19.1 Å². The number of esters is 1. The van der Waals surface area contributed by atoms with Gasteiger partial charge in [-0.05, 0) is 24.1 Å². The van der Waals surface area contributed by atoms with E-state index in [0.29, 0.717) is 5.69 Å². The van der Waals surface area contributed by atoms with Gasteiger partial charge in [0.15, 0.2) is 0 Å². The van der Waals surface area contributed by atoms with E-state index in [0.717, 1.165) is 6.42 Å². The van der Waals surface area contributed by atoms with Crippen molar-refractivity contribution in [3.8, 4) is 0 Å². The molecule has 94 valence electrons. The fraction of sp³-hybridized carbons (Fsp3) is 0.462. The average Bonchev–Trinajstić information content (AvgIpc) is 2.34. The Morgan fingerprint density at radius 1 is 1.53 bits per heavy atom. The number of hydrogen-bond donors (Lipinski definition) is 1. The molecule has 0 aliphatic rings. The summed E-state index contributed by atoms with van der Waals surface area (Å²) in [6, 6.07) is 5.59. The number of methoxy groups -OCH3 is 1. The van der Waals surface area contributed by atoms with Crippen molar-refractivity contribution in [2.45, 2.75) is 26.3 Å². The first-order valence-corrected chi connectivity index (χ1v) is 5.68. The molecule has 1 rings (SSSR count). The number of nitrogens with one attached hydrogen (secondary N) is 1. The van der Waals surface area contributed by atoms with Crippen LogP contribution in [0.1, 0.15) is 20.3 Å². The fourth-order valence-electron chi connectivity index (χ4n) is 1.55. The Hall–Kier alpha value is -1.58. The monoisotopic (exact) mass is 239 g/mol. The van der Waals surface area contributed by atoms with Crippen LogP contribution in [0.4, 0.5) is 10.1 Å². The van der Waals surface area contributed by atoms with Crippen LogP contribution in [0, 0.1) is 11.7 Å². The maximum Gasteiger partial charge on any atom is 0.328 e. The molecule has 0 saturated carbocycles. The summed E-state index contributed by atoms with van der Waals surface area (Å²) >= 11 is 0. The van der Waals surface area contributed by atoms with Gasteiger partial charge in [-0.3, -0.25) is 0 Å². The Labute approximate surface area is 101 Å². The van der Waals surface area contributed by atoms with E-state index < -0.39 is 6.04 Å². The van der Waals surface area contributed by atoms with E-state index in [1.807, 2.05) is 13.8 Å². The predicted octanol–water partition coefficient (Wildman–Crippen LogP) is 2.83. The van der Waals surface area contributed by atoms with Crippen LogP contribution in [0.3, 0.4) is 0 Å². The van der Waals surface area contributed by atoms with Crippen molar-refractivity contribution in [2.75, 3.05) is 12.4 Å². The highest BCUT2D eigenvalue weighted by Gasteiger charge is 2.24. The second-order valence-electron chi connectivity index (χ2n) is 4.04. The van der Waals surface area contributed by atoms with Gasteiger partial charge in [0.05, 0.1) is 7.11 Å². The molecule has 2 atom stereocenters. The van der Waals surface area contributed by atoms with Gasteiger partial charge in [-0.1, -0.05) is 26.3 Å². The van der Waals surface area contributed by atoms with Gasteiger partial charge in [-0.2, -0.15) is 0 Å². The Kier molecular flexibility index (Phi) is 4.94. The number of rotatable bonds is 5. The summed E-state index contributed by atoms with van der Waals surface area (Å²) in [6.45, 7) is 3.95. The van der Waals surface area contributed by atoms with Crippen LogP contribution in [0.25, 0.3) is 0 Å².